The minimum absolute atomic E-state index is 0.811. The molecule has 5 saturated heterocycles. The van der Waals surface area contributed by atoms with Gasteiger partial charge in [-0.25, -0.2) is 0 Å². The smallest absolute Gasteiger partial charge is 0.224 e. The Bertz CT molecular complexity index is 1220. The maximum absolute atomic E-state index is 11.1. The zero-order valence-electron chi connectivity index (χ0n) is 29.3. The molecule has 17 N–H and O–H groups in total. The van der Waals surface area contributed by atoms with Crippen molar-refractivity contribution in [1.29, 1.82) is 0 Å². The Morgan fingerprint density at radius 2 is 0.696 bits per heavy atom. The van der Waals surface area contributed by atoms with Gasteiger partial charge in [0.15, 0.2) is 25.2 Å². The summed E-state index contributed by atoms with van der Waals surface area (Å²) in [7, 11) is 0. The van der Waals surface area contributed by atoms with Crippen LogP contribution >= 0.6 is 0 Å². The van der Waals surface area contributed by atoms with Crippen LogP contribution in [0.4, 0.5) is 0 Å². The summed E-state index contributed by atoms with van der Waals surface area (Å²) >= 11 is 0. The molecule has 0 saturated carbocycles. The molecule has 0 bridgehead atoms. The summed E-state index contributed by atoms with van der Waals surface area (Å²) in [5.41, 5.74) is 0. The lowest BCUT2D eigenvalue weighted by molar-refractivity contribution is -0.404. The van der Waals surface area contributed by atoms with E-state index in [1.165, 1.54) is 0 Å². The average molecular weight is 829 g/mol. The van der Waals surface area contributed by atoms with Crippen molar-refractivity contribution in [1.82, 2.24) is 0 Å². The minimum Gasteiger partial charge on any atom is -0.394 e. The van der Waals surface area contributed by atoms with E-state index in [1.54, 1.807) is 0 Å². The maximum Gasteiger partial charge on any atom is 0.224 e. The van der Waals surface area contributed by atoms with E-state index in [0.717, 1.165) is 0 Å². The van der Waals surface area contributed by atoms with Crippen LogP contribution in [0.25, 0.3) is 0 Å². The first kappa shape index (κ1) is 46.0. The highest BCUT2D eigenvalue weighted by atomic mass is 16.8. The van der Waals surface area contributed by atoms with Gasteiger partial charge in [-0.1, -0.05) is 0 Å². The summed E-state index contributed by atoms with van der Waals surface area (Å²) in [4.78, 5) is 0. The van der Waals surface area contributed by atoms with Crippen molar-refractivity contribution >= 4 is 0 Å². The lowest BCUT2D eigenvalue weighted by atomic mass is 9.95. The SMILES string of the molecule is OC[C@H]1O[C@@](CO)(O[C@H]2O[C@H](CO)[C@@H](OC3O[C@H](CO)[C@@H](O[C@H]4O[C@H](CO)[C@@H](O[C@H]5O[C@H](CO)[C@@H](O)[C@H](O)[C@H]5O)[C@H](O)[C@H]4O)[C@H](O)[C@H]3O)[C@H](O)[C@H]2O)[C@@H](O)[C@@H]1O. The molecule has 56 heavy (non-hydrogen) atoms. The Morgan fingerprint density at radius 3 is 1.05 bits per heavy atom. The van der Waals surface area contributed by atoms with Crippen LogP contribution in [0, 0.1) is 0 Å². The predicted octanol–water partition coefficient (Wildman–Crippen LogP) is -11.9. The minimum atomic E-state index is -2.47. The van der Waals surface area contributed by atoms with Gasteiger partial charge >= 0.3 is 0 Å². The van der Waals surface area contributed by atoms with Crippen molar-refractivity contribution in [3.63, 3.8) is 0 Å². The van der Waals surface area contributed by atoms with Gasteiger partial charge in [0, 0.05) is 0 Å². The van der Waals surface area contributed by atoms with Gasteiger partial charge in [-0.3, -0.25) is 0 Å². The molecule has 24 atom stereocenters. The van der Waals surface area contributed by atoms with Crippen LogP contribution in [0.3, 0.4) is 0 Å². The fourth-order valence-corrected chi connectivity index (χ4v) is 7.10. The third-order valence-corrected chi connectivity index (χ3v) is 10.4. The van der Waals surface area contributed by atoms with Gasteiger partial charge in [-0.05, 0) is 0 Å². The second kappa shape index (κ2) is 19.1. The molecule has 5 heterocycles. The molecule has 0 aliphatic carbocycles. The Balaban J connectivity index is 1.23. The Morgan fingerprint density at radius 1 is 0.357 bits per heavy atom. The van der Waals surface area contributed by atoms with Crippen molar-refractivity contribution < 1.29 is 129 Å². The highest BCUT2D eigenvalue weighted by molar-refractivity contribution is 5.00. The standard InChI is InChI=1S/C30H52O26/c31-1-7-12(37)14(39)18(43)26(48-7)52-22-9(3-33)49-27(19(44)15(22)40)53-23-10(4-34)50-28(20(45)16(23)41)54-24-11(5-35)51-29(21(46)17(24)42)56-30(6-36)25(47)13(38)8(2-32)55-30/h7-29,31-47H,1-6H2/t7-,8-,9-,10-,11-,12-,13-,14+,15-,16-,17-,18-,19-,20-,21-,22-,23-,24-,25+,26-,27-,28?,29-,30+/m1/s1. The van der Waals surface area contributed by atoms with Crippen molar-refractivity contribution in [2.75, 3.05) is 39.6 Å². The highest BCUT2D eigenvalue weighted by Gasteiger charge is 2.60. The maximum atomic E-state index is 11.1. The summed E-state index contributed by atoms with van der Waals surface area (Å²) in [6.45, 7) is -5.66. The van der Waals surface area contributed by atoms with Crippen LogP contribution in [-0.2, 0) is 42.6 Å². The van der Waals surface area contributed by atoms with Gasteiger partial charge in [-0.15, -0.1) is 0 Å². The van der Waals surface area contributed by atoms with Gasteiger partial charge in [0.25, 0.3) is 0 Å². The molecule has 5 rings (SSSR count). The first-order valence-electron chi connectivity index (χ1n) is 17.6. The van der Waals surface area contributed by atoms with Crippen LogP contribution in [0.5, 0.6) is 0 Å². The Kier molecular flexibility index (Phi) is 15.7. The number of hydrogen-bond donors (Lipinski definition) is 17. The van der Waals surface area contributed by atoms with E-state index >= 15 is 0 Å². The number of rotatable bonds is 14. The average Bonchev–Trinajstić information content (AvgIpc) is 3.44. The van der Waals surface area contributed by atoms with Gasteiger partial charge in [0.1, 0.15) is 123 Å². The lowest BCUT2D eigenvalue weighted by Gasteiger charge is -2.49. The van der Waals surface area contributed by atoms with E-state index in [2.05, 4.69) is 0 Å². The second-order valence-corrected chi connectivity index (χ2v) is 14.0. The third kappa shape index (κ3) is 8.73. The molecule has 0 amide bonds. The Hall–Kier alpha value is -1.04. The molecule has 0 aromatic carbocycles. The lowest BCUT2D eigenvalue weighted by Crippen LogP contribution is -2.68. The first-order valence-corrected chi connectivity index (χ1v) is 17.6. The zero-order chi connectivity index (χ0) is 41.4. The summed E-state index contributed by atoms with van der Waals surface area (Å²) in [6, 6.07) is 0. The van der Waals surface area contributed by atoms with Gasteiger partial charge < -0.3 is 129 Å². The quantitative estimate of drug-likeness (QED) is 0.0773. The van der Waals surface area contributed by atoms with Crippen molar-refractivity contribution in [3.05, 3.63) is 0 Å². The highest BCUT2D eigenvalue weighted by Crippen LogP contribution is 2.38. The monoisotopic (exact) mass is 828 g/mol. The van der Waals surface area contributed by atoms with E-state index in [9.17, 15) is 86.8 Å². The summed E-state index contributed by atoms with van der Waals surface area (Å²) in [5, 5.41) is 176. The fraction of sp³-hybridized carbons (Fsp3) is 1.00. The molecule has 0 spiro atoms. The van der Waals surface area contributed by atoms with E-state index in [-0.39, 0.29) is 0 Å². The molecular weight excluding hydrogens is 776 g/mol. The molecule has 5 fully saturated rings. The zero-order valence-corrected chi connectivity index (χ0v) is 29.3. The third-order valence-electron chi connectivity index (χ3n) is 10.4. The van der Waals surface area contributed by atoms with Crippen LogP contribution in [0.1, 0.15) is 0 Å². The Labute approximate surface area is 316 Å². The van der Waals surface area contributed by atoms with E-state index < -0.39 is 187 Å². The van der Waals surface area contributed by atoms with E-state index in [0.29, 0.717) is 0 Å². The van der Waals surface area contributed by atoms with E-state index in [4.69, 9.17) is 42.6 Å². The van der Waals surface area contributed by atoms with Crippen LogP contribution in [0.2, 0.25) is 0 Å². The largest absolute Gasteiger partial charge is 0.394 e. The van der Waals surface area contributed by atoms with Crippen LogP contribution in [0.15, 0.2) is 0 Å². The summed E-state index contributed by atoms with van der Waals surface area (Å²) in [5.74, 6) is -2.47. The molecule has 1 unspecified atom stereocenters. The van der Waals surface area contributed by atoms with Crippen LogP contribution < -0.4 is 0 Å². The molecule has 26 heteroatoms. The van der Waals surface area contributed by atoms with Crippen LogP contribution in [-0.4, -0.2) is 273 Å². The number of ether oxygens (including phenoxy) is 9. The molecule has 5 aliphatic rings. The van der Waals surface area contributed by atoms with Crippen molar-refractivity contribution in [2.45, 2.75) is 147 Å². The molecule has 328 valence electrons. The number of aliphatic hydroxyl groups excluding tert-OH is 17. The molecule has 0 aromatic heterocycles. The van der Waals surface area contributed by atoms with Gasteiger partial charge in [0.2, 0.25) is 5.79 Å². The second-order valence-electron chi connectivity index (χ2n) is 14.0. The van der Waals surface area contributed by atoms with Crippen molar-refractivity contribution in [2.24, 2.45) is 0 Å². The molecular formula is C30H52O26. The molecule has 5 aliphatic heterocycles. The summed E-state index contributed by atoms with van der Waals surface area (Å²) < 4.78 is 49.3. The molecule has 0 aromatic rings. The predicted molar refractivity (Wildman–Crippen MR) is 167 cm³/mol. The molecule has 26 nitrogen and oxygen atoms in total. The number of aliphatic hydroxyl groups is 17. The molecule has 0 radical (unpaired) electrons. The van der Waals surface area contributed by atoms with Gasteiger partial charge in [0.05, 0.1) is 33.0 Å². The topological polar surface area (TPSA) is 427 Å². The number of hydrogen-bond acceptors (Lipinski definition) is 26. The fourth-order valence-electron chi connectivity index (χ4n) is 7.10. The van der Waals surface area contributed by atoms with Crippen molar-refractivity contribution in [3.8, 4) is 0 Å². The first-order chi connectivity index (χ1) is 26.5. The van der Waals surface area contributed by atoms with Gasteiger partial charge in [-0.2, -0.15) is 0 Å². The van der Waals surface area contributed by atoms with E-state index in [1.807, 2.05) is 0 Å². The normalized spacial score (nSPS) is 53.0. The summed E-state index contributed by atoms with van der Waals surface area (Å²) in [6.07, 6.45) is -42.5.